The van der Waals surface area contributed by atoms with Crippen LogP contribution in [-0.2, 0) is 29.1 Å². The van der Waals surface area contributed by atoms with Gasteiger partial charge in [-0.25, -0.2) is 31.7 Å². The van der Waals surface area contributed by atoms with Crippen molar-refractivity contribution in [2.45, 2.75) is 43.9 Å². The van der Waals surface area contributed by atoms with Gasteiger partial charge in [0.15, 0.2) is 22.5 Å². The van der Waals surface area contributed by atoms with Gasteiger partial charge in [-0.3, -0.25) is 9.79 Å². The van der Waals surface area contributed by atoms with Gasteiger partial charge >= 0.3 is 11.9 Å². The number of methoxy groups -OCH3 is 1. The second kappa shape index (κ2) is 12.7. The molecule has 2 heterocycles. The second-order valence-electron chi connectivity index (χ2n) is 9.07. The molecule has 1 unspecified atom stereocenters. The number of sulfonamides is 1. The molecule has 1 fully saturated rings. The van der Waals surface area contributed by atoms with E-state index in [-0.39, 0.29) is 36.5 Å². The van der Waals surface area contributed by atoms with Crippen LogP contribution in [0.15, 0.2) is 40.0 Å². The fourth-order valence-electron chi connectivity index (χ4n) is 4.80. The number of nitrogens with zero attached hydrogens (tertiary/aromatic N) is 2. The van der Waals surface area contributed by atoms with Crippen LogP contribution in [0.4, 0.5) is 8.78 Å². The van der Waals surface area contributed by atoms with Crippen molar-refractivity contribution >= 4 is 50.7 Å². The number of benzene rings is 1. The van der Waals surface area contributed by atoms with Crippen molar-refractivity contribution < 1.29 is 36.3 Å². The third-order valence-electron chi connectivity index (χ3n) is 6.72. The van der Waals surface area contributed by atoms with Crippen LogP contribution in [-0.4, -0.2) is 56.7 Å². The molecule has 216 valence electrons. The summed E-state index contributed by atoms with van der Waals surface area (Å²) in [6.45, 7) is 1.30. The lowest BCUT2D eigenvalue weighted by molar-refractivity contribution is -0.141. The zero-order valence-electron chi connectivity index (χ0n) is 21.6. The first kappa shape index (κ1) is 30.0. The zero-order valence-corrected chi connectivity index (χ0v) is 24.0. The van der Waals surface area contributed by atoms with Gasteiger partial charge in [-0.15, -0.1) is 11.3 Å². The summed E-state index contributed by atoms with van der Waals surface area (Å²) < 4.78 is 66.1. The van der Waals surface area contributed by atoms with Crippen molar-refractivity contribution in [3.05, 3.63) is 62.2 Å². The molecule has 1 saturated carbocycles. The van der Waals surface area contributed by atoms with Crippen LogP contribution < -0.4 is 10.0 Å². The van der Waals surface area contributed by atoms with E-state index in [1.165, 1.54) is 24.5 Å². The molecular weight excluding hydrogens is 590 g/mol. The Labute approximate surface area is 238 Å². The van der Waals surface area contributed by atoms with Crippen molar-refractivity contribution in [1.29, 1.82) is 0 Å². The molecule has 2 aromatic rings. The first-order valence-corrected chi connectivity index (χ1v) is 15.2. The molecule has 0 radical (unpaired) electrons. The van der Waals surface area contributed by atoms with Crippen LogP contribution in [0.25, 0.3) is 0 Å². The molecule has 0 spiro atoms. The number of ether oxygens (including phenoxy) is 2. The molecule has 40 heavy (non-hydrogen) atoms. The number of nitrogens with one attached hydrogen (secondary N) is 2. The summed E-state index contributed by atoms with van der Waals surface area (Å²) in [7, 11) is -2.62. The average molecular weight is 617 g/mol. The Bertz CT molecular complexity index is 1440. The number of amidine groups is 1. The molecule has 0 bridgehead atoms. The Balaban J connectivity index is 1.67. The van der Waals surface area contributed by atoms with E-state index in [0.29, 0.717) is 29.4 Å². The van der Waals surface area contributed by atoms with E-state index in [4.69, 9.17) is 21.1 Å². The highest BCUT2D eigenvalue weighted by Crippen LogP contribution is 2.42. The topological polar surface area (TPSA) is 136 Å². The van der Waals surface area contributed by atoms with Gasteiger partial charge in [0.05, 0.1) is 29.6 Å². The number of hydrogen-bond acceptors (Lipinski definition) is 10. The fourth-order valence-corrected chi connectivity index (χ4v) is 7.09. The number of hydrogen-bond donors (Lipinski definition) is 2. The summed E-state index contributed by atoms with van der Waals surface area (Å²) in [5, 5.41) is 4.13. The number of thiazole rings is 1. The summed E-state index contributed by atoms with van der Waals surface area (Å²) in [5.41, 5.74) is 0.545. The number of rotatable bonds is 9. The number of carbonyl (C=O) groups excluding carboxylic acids is 2. The van der Waals surface area contributed by atoms with E-state index in [9.17, 15) is 26.8 Å². The second-order valence-corrected chi connectivity index (χ2v) is 12.4. The number of esters is 2. The summed E-state index contributed by atoms with van der Waals surface area (Å²) in [6, 6.07) is 1.03. The van der Waals surface area contributed by atoms with Crippen LogP contribution in [0.5, 0.6) is 0 Å². The first-order chi connectivity index (χ1) is 19.1. The molecule has 1 atom stereocenters. The van der Waals surface area contributed by atoms with Crippen molar-refractivity contribution in [2.75, 3.05) is 20.3 Å². The van der Waals surface area contributed by atoms with Crippen molar-refractivity contribution in [3.63, 3.8) is 0 Å². The van der Waals surface area contributed by atoms with Gasteiger partial charge in [0, 0.05) is 22.8 Å². The maximum atomic E-state index is 14.5. The molecule has 0 amide bonds. The molecule has 2 N–H and O–H groups in total. The largest absolute Gasteiger partial charge is 0.466 e. The highest BCUT2D eigenvalue weighted by molar-refractivity contribution is 7.90. The van der Waals surface area contributed by atoms with Gasteiger partial charge < -0.3 is 14.8 Å². The Kier molecular flexibility index (Phi) is 9.54. The molecule has 1 aliphatic carbocycles. The zero-order chi connectivity index (χ0) is 29.0. The van der Waals surface area contributed by atoms with Crippen molar-refractivity contribution in [1.82, 2.24) is 15.0 Å². The SMILES string of the molecule is CCOC(=O)CNS(=O)(=O)C1CCC(C2=C(C(=O)OC)C(c3ccc(F)c(F)c3Cl)N=C(c3nccs3)N2)CC1. The third-order valence-corrected chi connectivity index (χ3v) is 9.78. The molecule has 1 aromatic heterocycles. The summed E-state index contributed by atoms with van der Waals surface area (Å²) in [4.78, 5) is 33.6. The van der Waals surface area contributed by atoms with E-state index >= 15 is 0 Å². The Hall–Kier alpha value is -2.94. The van der Waals surface area contributed by atoms with Crippen LogP contribution in [0.1, 0.15) is 49.2 Å². The molecule has 10 nitrogen and oxygen atoms in total. The van der Waals surface area contributed by atoms with Crippen LogP contribution in [0, 0.1) is 17.6 Å². The van der Waals surface area contributed by atoms with Gasteiger partial charge in [0.1, 0.15) is 12.6 Å². The van der Waals surface area contributed by atoms with E-state index in [1.54, 1.807) is 18.5 Å². The highest BCUT2D eigenvalue weighted by Gasteiger charge is 2.40. The van der Waals surface area contributed by atoms with Gasteiger partial charge in [-0.1, -0.05) is 17.7 Å². The predicted octanol–water partition coefficient (Wildman–Crippen LogP) is 3.63. The Morgan fingerprint density at radius 1 is 1.23 bits per heavy atom. The smallest absolute Gasteiger partial charge is 0.338 e. The third kappa shape index (κ3) is 6.35. The van der Waals surface area contributed by atoms with E-state index in [0.717, 1.165) is 6.07 Å². The number of halogens is 3. The summed E-state index contributed by atoms with van der Waals surface area (Å²) >= 11 is 7.47. The number of aliphatic imine (C=N–C) groups is 1. The molecule has 2 aliphatic rings. The summed E-state index contributed by atoms with van der Waals surface area (Å²) in [6.07, 6.45) is 2.77. The van der Waals surface area contributed by atoms with Gasteiger partial charge in [-0.2, -0.15) is 0 Å². The van der Waals surface area contributed by atoms with Gasteiger partial charge in [0.2, 0.25) is 10.0 Å². The van der Waals surface area contributed by atoms with Gasteiger partial charge in [-0.05, 0) is 44.6 Å². The lowest BCUT2D eigenvalue weighted by Gasteiger charge is -2.35. The molecule has 1 aromatic carbocycles. The monoisotopic (exact) mass is 616 g/mol. The molecule has 0 saturated heterocycles. The van der Waals surface area contributed by atoms with Crippen molar-refractivity contribution in [2.24, 2.45) is 10.9 Å². The lowest BCUT2D eigenvalue weighted by atomic mass is 9.82. The normalized spacial score (nSPS) is 21.4. The number of allylic oxidation sites excluding steroid dienone is 1. The van der Waals surface area contributed by atoms with Crippen LogP contribution >= 0.6 is 22.9 Å². The lowest BCUT2D eigenvalue weighted by Crippen LogP contribution is -2.42. The van der Waals surface area contributed by atoms with Crippen LogP contribution in [0.3, 0.4) is 0 Å². The summed E-state index contributed by atoms with van der Waals surface area (Å²) in [5.74, 6) is -3.87. The number of aromatic nitrogens is 1. The van der Waals surface area contributed by atoms with E-state index < -0.39 is 56.5 Å². The van der Waals surface area contributed by atoms with Gasteiger partial charge in [0.25, 0.3) is 0 Å². The molecule has 4 rings (SSSR count). The van der Waals surface area contributed by atoms with E-state index in [2.05, 4.69) is 20.0 Å². The highest BCUT2D eigenvalue weighted by atomic mass is 35.5. The van der Waals surface area contributed by atoms with Crippen LogP contribution in [0.2, 0.25) is 5.02 Å². The first-order valence-electron chi connectivity index (χ1n) is 12.4. The predicted molar refractivity (Wildman–Crippen MR) is 144 cm³/mol. The standard InChI is InChI=1S/C25H27ClF2N4O6S2/c1-3-38-17(33)12-30-40(35,36)14-6-4-13(5-7-14)21-18(25(34)37-2)22(15-8-9-16(27)20(28)19(15)26)32-23(31-21)24-29-10-11-39-24/h8-11,13-14,22,30H,3-7,12H2,1-2H3,(H,31,32). The maximum absolute atomic E-state index is 14.5. The van der Waals surface area contributed by atoms with E-state index in [1.807, 2.05) is 0 Å². The molecular formula is C25H27ClF2N4O6S2. The fraction of sp³-hybridized carbons (Fsp3) is 0.440. The Morgan fingerprint density at radius 3 is 2.58 bits per heavy atom. The minimum absolute atomic E-state index is 0.0578. The quantitative estimate of drug-likeness (QED) is 0.322. The Morgan fingerprint density at radius 2 is 1.95 bits per heavy atom. The minimum atomic E-state index is -3.81. The maximum Gasteiger partial charge on any atom is 0.338 e. The number of carbonyl (C=O) groups is 2. The average Bonchev–Trinajstić information content (AvgIpc) is 3.49. The van der Waals surface area contributed by atoms with Crippen molar-refractivity contribution in [3.8, 4) is 0 Å². The minimum Gasteiger partial charge on any atom is -0.466 e. The molecule has 15 heteroatoms. The molecule has 1 aliphatic heterocycles.